The van der Waals surface area contributed by atoms with E-state index in [9.17, 15) is 0 Å². The second-order valence-corrected chi connectivity index (χ2v) is 2.58. The summed E-state index contributed by atoms with van der Waals surface area (Å²) in [6.07, 6.45) is 1.06. The van der Waals surface area contributed by atoms with E-state index in [4.69, 9.17) is 0 Å². The number of rotatable bonds is 3. The molecule has 1 N–H and O–H groups in total. The van der Waals surface area contributed by atoms with Gasteiger partial charge in [0.2, 0.25) is 5.95 Å². The summed E-state index contributed by atoms with van der Waals surface area (Å²) in [5.41, 5.74) is 0. The van der Waals surface area contributed by atoms with Crippen LogP contribution >= 0.6 is 0 Å². The lowest BCUT2D eigenvalue weighted by Crippen LogP contribution is -2.16. The van der Waals surface area contributed by atoms with Crippen molar-refractivity contribution in [2.45, 2.75) is 26.3 Å². The molecule has 0 aliphatic carbocycles. The van der Waals surface area contributed by atoms with Gasteiger partial charge in [0, 0.05) is 13.1 Å². The first-order valence-corrected chi connectivity index (χ1v) is 3.73. The Bertz CT molecular complexity index is 219. The normalized spacial score (nSPS) is 13.0. The summed E-state index contributed by atoms with van der Waals surface area (Å²) in [5, 5.41) is 14.2. The number of hydrogen-bond donors (Lipinski definition) is 1. The first-order valence-electron chi connectivity index (χ1n) is 3.73. The van der Waals surface area contributed by atoms with Gasteiger partial charge < -0.3 is 5.32 Å². The fourth-order valence-corrected chi connectivity index (χ4v) is 0.674. The summed E-state index contributed by atoms with van der Waals surface area (Å²) in [6.45, 7) is 4.20. The van der Waals surface area contributed by atoms with E-state index < -0.39 is 0 Å². The Kier molecular flexibility index (Phi) is 2.40. The van der Waals surface area contributed by atoms with Gasteiger partial charge >= 0.3 is 0 Å². The molecular weight excluding hydrogens is 142 g/mol. The molecule has 0 fully saturated rings. The molecule has 0 amide bonds. The smallest absolute Gasteiger partial charge is 0.242 e. The van der Waals surface area contributed by atoms with Gasteiger partial charge in [0.15, 0.2) is 0 Å². The number of hydrogen-bond acceptors (Lipinski definition) is 4. The van der Waals surface area contributed by atoms with Crippen LogP contribution in [0.5, 0.6) is 0 Å². The van der Waals surface area contributed by atoms with Crippen LogP contribution in [-0.4, -0.2) is 26.2 Å². The van der Waals surface area contributed by atoms with E-state index in [-0.39, 0.29) is 0 Å². The molecule has 0 saturated heterocycles. The van der Waals surface area contributed by atoms with E-state index in [1.54, 1.807) is 4.68 Å². The van der Waals surface area contributed by atoms with E-state index >= 15 is 0 Å². The van der Waals surface area contributed by atoms with Crippen molar-refractivity contribution in [3.63, 3.8) is 0 Å². The highest BCUT2D eigenvalue weighted by Gasteiger charge is 2.03. The third-order valence-electron chi connectivity index (χ3n) is 1.61. The predicted octanol–water partition coefficient (Wildman–Crippen LogP) is 0.420. The first kappa shape index (κ1) is 7.97. The van der Waals surface area contributed by atoms with Gasteiger partial charge in [-0.1, -0.05) is 12.0 Å². The van der Waals surface area contributed by atoms with Crippen LogP contribution in [0.1, 0.15) is 20.3 Å². The van der Waals surface area contributed by atoms with Gasteiger partial charge in [-0.15, -0.1) is 0 Å². The molecular formula is C6H13N5. The molecule has 1 aromatic rings. The van der Waals surface area contributed by atoms with Crippen LogP contribution in [0.15, 0.2) is 0 Å². The molecule has 0 bridgehead atoms. The Morgan fingerprint density at radius 1 is 1.64 bits per heavy atom. The topological polar surface area (TPSA) is 55.6 Å². The lowest BCUT2D eigenvalue weighted by molar-refractivity contribution is 0.693. The average molecular weight is 155 g/mol. The van der Waals surface area contributed by atoms with Crippen molar-refractivity contribution >= 4 is 5.95 Å². The van der Waals surface area contributed by atoms with Gasteiger partial charge in [-0.3, -0.25) is 0 Å². The highest BCUT2D eigenvalue weighted by Crippen LogP contribution is 2.00. The van der Waals surface area contributed by atoms with E-state index in [1.165, 1.54) is 0 Å². The molecule has 1 atom stereocenters. The third kappa shape index (κ3) is 1.89. The third-order valence-corrected chi connectivity index (χ3v) is 1.61. The lowest BCUT2D eigenvalue weighted by atomic mass is 10.3. The maximum absolute atomic E-state index is 3.79. The van der Waals surface area contributed by atoms with E-state index in [0.29, 0.717) is 6.04 Å². The van der Waals surface area contributed by atoms with Crippen LogP contribution in [0, 0.1) is 0 Å². The quantitative estimate of drug-likeness (QED) is 0.687. The fourth-order valence-electron chi connectivity index (χ4n) is 0.674. The molecule has 5 heteroatoms. The molecule has 0 aliphatic heterocycles. The Balaban J connectivity index is 2.56. The SMILES string of the molecule is CCC(C)Nc1nnnn1C. The molecule has 1 rings (SSSR count). The summed E-state index contributed by atoms with van der Waals surface area (Å²) in [7, 11) is 1.81. The maximum atomic E-state index is 3.79. The summed E-state index contributed by atoms with van der Waals surface area (Å²) in [5.74, 6) is 0.722. The molecule has 1 unspecified atom stereocenters. The first-order chi connectivity index (χ1) is 5.24. The number of aryl methyl sites for hydroxylation is 1. The van der Waals surface area contributed by atoms with Gasteiger partial charge in [0.25, 0.3) is 0 Å². The summed E-state index contributed by atoms with van der Waals surface area (Å²) in [6, 6.07) is 0.416. The zero-order valence-corrected chi connectivity index (χ0v) is 7.07. The van der Waals surface area contributed by atoms with Gasteiger partial charge in [-0.05, 0) is 23.8 Å². The maximum Gasteiger partial charge on any atom is 0.242 e. The van der Waals surface area contributed by atoms with Crippen molar-refractivity contribution < 1.29 is 0 Å². The van der Waals surface area contributed by atoms with Crippen molar-refractivity contribution in [3.05, 3.63) is 0 Å². The minimum absolute atomic E-state index is 0.416. The Morgan fingerprint density at radius 3 is 2.82 bits per heavy atom. The van der Waals surface area contributed by atoms with E-state index in [1.807, 2.05) is 7.05 Å². The summed E-state index contributed by atoms with van der Waals surface area (Å²) in [4.78, 5) is 0. The number of tetrazole rings is 1. The standard InChI is InChI=1S/C6H13N5/c1-4-5(2)7-6-8-9-10-11(6)3/h5H,4H2,1-3H3,(H,7,8,10). The lowest BCUT2D eigenvalue weighted by Gasteiger charge is -2.09. The van der Waals surface area contributed by atoms with E-state index in [0.717, 1.165) is 12.4 Å². The van der Waals surface area contributed by atoms with Gasteiger partial charge in [-0.2, -0.15) is 0 Å². The minimum Gasteiger partial charge on any atom is -0.351 e. The largest absolute Gasteiger partial charge is 0.351 e. The molecule has 0 aromatic carbocycles. The molecule has 62 valence electrons. The number of anilines is 1. The molecule has 1 heterocycles. The van der Waals surface area contributed by atoms with Gasteiger partial charge in [-0.25, -0.2) is 4.68 Å². The monoisotopic (exact) mass is 155 g/mol. The highest BCUT2D eigenvalue weighted by atomic mass is 15.6. The van der Waals surface area contributed by atoms with Crippen LogP contribution in [0.25, 0.3) is 0 Å². The van der Waals surface area contributed by atoms with Gasteiger partial charge in [0.05, 0.1) is 0 Å². The van der Waals surface area contributed by atoms with Crippen LogP contribution in [0.3, 0.4) is 0 Å². The van der Waals surface area contributed by atoms with Gasteiger partial charge in [0.1, 0.15) is 0 Å². The Morgan fingerprint density at radius 2 is 2.36 bits per heavy atom. The summed E-state index contributed by atoms with van der Waals surface area (Å²) >= 11 is 0. The molecule has 11 heavy (non-hydrogen) atoms. The second kappa shape index (κ2) is 3.32. The zero-order chi connectivity index (χ0) is 8.27. The molecule has 0 radical (unpaired) electrons. The zero-order valence-electron chi connectivity index (χ0n) is 7.07. The minimum atomic E-state index is 0.416. The molecule has 0 saturated carbocycles. The molecule has 0 aliphatic rings. The fraction of sp³-hybridized carbons (Fsp3) is 0.833. The second-order valence-electron chi connectivity index (χ2n) is 2.58. The van der Waals surface area contributed by atoms with Crippen LogP contribution in [0.4, 0.5) is 5.95 Å². The van der Waals surface area contributed by atoms with Crippen LogP contribution in [0.2, 0.25) is 0 Å². The number of aromatic nitrogens is 4. The van der Waals surface area contributed by atoms with Crippen LogP contribution in [-0.2, 0) is 7.05 Å². The molecule has 5 nitrogen and oxygen atoms in total. The number of nitrogens with one attached hydrogen (secondary N) is 1. The predicted molar refractivity (Wildman–Crippen MR) is 42.2 cm³/mol. The summed E-state index contributed by atoms with van der Waals surface area (Å²) < 4.78 is 1.62. The van der Waals surface area contributed by atoms with Crippen molar-refractivity contribution in [3.8, 4) is 0 Å². The Hall–Kier alpha value is -1.13. The molecule has 0 spiro atoms. The Labute approximate surface area is 65.8 Å². The average Bonchev–Trinajstić information content (AvgIpc) is 2.37. The number of nitrogens with zero attached hydrogens (tertiary/aromatic N) is 4. The van der Waals surface area contributed by atoms with E-state index in [2.05, 4.69) is 34.7 Å². The van der Waals surface area contributed by atoms with Crippen molar-refractivity contribution in [2.75, 3.05) is 5.32 Å². The highest BCUT2D eigenvalue weighted by molar-refractivity contribution is 5.22. The van der Waals surface area contributed by atoms with Crippen molar-refractivity contribution in [1.82, 2.24) is 20.2 Å². The van der Waals surface area contributed by atoms with Crippen molar-refractivity contribution in [1.29, 1.82) is 0 Å². The molecule has 1 aromatic heterocycles. The van der Waals surface area contributed by atoms with Crippen LogP contribution < -0.4 is 5.32 Å². The van der Waals surface area contributed by atoms with Crippen molar-refractivity contribution in [2.24, 2.45) is 7.05 Å².